The van der Waals surface area contributed by atoms with Crippen LogP contribution in [0.2, 0.25) is 0 Å². The van der Waals surface area contributed by atoms with E-state index >= 15 is 0 Å². The predicted molar refractivity (Wildman–Crippen MR) is 96.3 cm³/mol. The largest absolute Gasteiger partial charge is 0.357 e. The molecule has 0 spiro atoms. The Kier molecular flexibility index (Phi) is 7.39. The van der Waals surface area contributed by atoms with Crippen molar-refractivity contribution in [3.05, 3.63) is 35.4 Å². The van der Waals surface area contributed by atoms with E-state index in [-0.39, 0.29) is 5.41 Å². The van der Waals surface area contributed by atoms with E-state index in [0.29, 0.717) is 6.54 Å². The zero-order valence-corrected chi connectivity index (χ0v) is 15.0. The van der Waals surface area contributed by atoms with Crippen LogP contribution in [0, 0.1) is 12.3 Å². The van der Waals surface area contributed by atoms with Crippen molar-refractivity contribution in [1.29, 1.82) is 0 Å². The molecule has 0 atom stereocenters. The van der Waals surface area contributed by atoms with E-state index < -0.39 is 0 Å². The highest BCUT2D eigenvalue weighted by molar-refractivity contribution is 5.79. The van der Waals surface area contributed by atoms with Crippen molar-refractivity contribution in [3.8, 4) is 0 Å². The first kappa shape index (κ1) is 18.5. The first-order valence-electron chi connectivity index (χ1n) is 8.05. The van der Waals surface area contributed by atoms with Gasteiger partial charge in [-0.05, 0) is 38.9 Å². The fraction of sp³-hybridized carbons (Fsp3) is 0.611. The standard InChI is InChI=1S/C18H32N4/c1-7-19-17(21-13-18(3,4)14-22(5)6)20-12-16-10-8-15(2)9-11-16/h8-11H,7,12-14H2,1-6H3,(H2,19,20,21). The molecule has 0 amide bonds. The van der Waals surface area contributed by atoms with Crippen LogP contribution >= 0.6 is 0 Å². The molecule has 0 aromatic heterocycles. The van der Waals surface area contributed by atoms with Crippen LogP contribution in [-0.2, 0) is 6.54 Å². The summed E-state index contributed by atoms with van der Waals surface area (Å²) in [6.07, 6.45) is 0. The van der Waals surface area contributed by atoms with Crippen LogP contribution < -0.4 is 10.6 Å². The van der Waals surface area contributed by atoms with Gasteiger partial charge < -0.3 is 15.5 Å². The first-order chi connectivity index (χ1) is 10.3. The molecule has 1 aromatic carbocycles. The molecule has 0 heterocycles. The van der Waals surface area contributed by atoms with Crippen molar-refractivity contribution in [2.24, 2.45) is 10.4 Å². The zero-order chi connectivity index (χ0) is 16.6. The molecule has 4 nitrogen and oxygen atoms in total. The maximum Gasteiger partial charge on any atom is 0.191 e. The van der Waals surface area contributed by atoms with Crippen molar-refractivity contribution < 1.29 is 0 Å². The van der Waals surface area contributed by atoms with Gasteiger partial charge in [-0.3, -0.25) is 0 Å². The lowest BCUT2D eigenvalue weighted by Gasteiger charge is -2.29. The smallest absolute Gasteiger partial charge is 0.191 e. The van der Waals surface area contributed by atoms with Crippen LogP contribution in [0.25, 0.3) is 0 Å². The highest BCUT2D eigenvalue weighted by Crippen LogP contribution is 2.14. The Morgan fingerprint density at radius 3 is 2.32 bits per heavy atom. The molecule has 0 aliphatic heterocycles. The fourth-order valence-corrected chi connectivity index (χ4v) is 2.44. The van der Waals surface area contributed by atoms with Gasteiger partial charge in [-0.15, -0.1) is 0 Å². The minimum atomic E-state index is 0.198. The van der Waals surface area contributed by atoms with Gasteiger partial charge in [0.15, 0.2) is 5.96 Å². The van der Waals surface area contributed by atoms with E-state index in [9.17, 15) is 0 Å². The lowest BCUT2D eigenvalue weighted by Crippen LogP contribution is -2.44. The summed E-state index contributed by atoms with van der Waals surface area (Å²) in [7, 11) is 4.22. The molecule has 0 fully saturated rings. The van der Waals surface area contributed by atoms with Crippen LogP contribution in [0.3, 0.4) is 0 Å². The molecule has 22 heavy (non-hydrogen) atoms. The molecule has 0 aliphatic carbocycles. The van der Waals surface area contributed by atoms with Crippen LogP contribution in [0.5, 0.6) is 0 Å². The molecule has 1 rings (SSSR count). The van der Waals surface area contributed by atoms with E-state index in [0.717, 1.165) is 25.6 Å². The summed E-state index contributed by atoms with van der Waals surface area (Å²) in [5.41, 5.74) is 2.71. The van der Waals surface area contributed by atoms with Gasteiger partial charge in [-0.1, -0.05) is 43.7 Å². The van der Waals surface area contributed by atoms with Gasteiger partial charge >= 0.3 is 0 Å². The van der Waals surface area contributed by atoms with Crippen molar-refractivity contribution in [3.63, 3.8) is 0 Å². The quantitative estimate of drug-likeness (QED) is 0.601. The number of guanidine groups is 1. The number of benzene rings is 1. The summed E-state index contributed by atoms with van der Waals surface area (Å²) in [6, 6.07) is 8.54. The first-order valence-corrected chi connectivity index (χ1v) is 8.05. The Hall–Kier alpha value is -1.55. The van der Waals surface area contributed by atoms with Crippen LogP contribution in [0.15, 0.2) is 29.3 Å². The fourth-order valence-electron chi connectivity index (χ4n) is 2.44. The normalized spacial score (nSPS) is 12.6. The number of nitrogens with zero attached hydrogens (tertiary/aromatic N) is 2. The summed E-state index contributed by atoms with van der Waals surface area (Å²) in [5.74, 6) is 0.884. The molecule has 4 heteroatoms. The minimum Gasteiger partial charge on any atom is -0.357 e. The number of aliphatic imine (C=N–C) groups is 1. The molecule has 0 saturated heterocycles. The molecule has 124 valence electrons. The molecule has 0 unspecified atom stereocenters. The molecule has 0 aliphatic rings. The summed E-state index contributed by atoms with van der Waals surface area (Å²) < 4.78 is 0. The average Bonchev–Trinajstić information content (AvgIpc) is 2.42. The second kappa shape index (κ2) is 8.79. The van der Waals surface area contributed by atoms with E-state index in [1.807, 2.05) is 0 Å². The van der Waals surface area contributed by atoms with Gasteiger partial charge in [-0.2, -0.15) is 0 Å². The third-order valence-electron chi connectivity index (χ3n) is 3.36. The molecule has 0 saturated carbocycles. The van der Waals surface area contributed by atoms with Gasteiger partial charge in [-0.25, -0.2) is 4.99 Å². The van der Waals surface area contributed by atoms with Crippen molar-refractivity contribution in [2.75, 3.05) is 33.7 Å². The zero-order valence-electron chi connectivity index (χ0n) is 15.0. The van der Waals surface area contributed by atoms with Crippen LogP contribution in [-0.4, -0.2) is 44.6 Å². The lowest BCUT2D eigenvalue weighted by atomic mass is 9.93. The van der Waals surface area contributed by atoms with Crippen molar-refractivity contribution in [2.45, 2.75) is 34.2 Å². The molecule has 0 bridgehead atoms. The highest BCUT2D eigenvalue weighted by atomic mass is 15.2. The third kappa shape index (κ3) is 7.46. The van der Waals surface area contributed by atoms with Crippen molar-refractivity contribution >= 4 is 5.96 Å². The Balaban J connectivity index is 2.60. The van der Waals surface area contributed by atoms with Crippen LogP contribution in [0.1, 0.15) is 31.9 Å². The highest BCUT2D eigenvalue weighted by Gasteiger charge is 2.19. The Bertz CT molecular complexity index is 460. The molecular weight excluding hydrogens is 272 g/mol. The molecular formula is C18H32N4. The minimum absolute atomic E-state index is 0.198. The second-order valence-electron chi connectivity index (χ2n) is 6.94. The number of rotatable bonds is 7. The van der Waals surface area contributed by atoms with Gasteiger partial charge in [0.25, 0.3) is 0 Å². The number of hydrogen-bond acceptors (Lipinski definition) is 2. The monoisotopic (exact) mass is 304 g/mol. The Labute approximate surface area is 136 Å². The SMILES string of the molecule is CCNC(=NCc1ccc(C)cc1)NCC(C)(C)CN(C)C. The Morgan fingerprint density at radius 1 is 1.14 bits per heavy atom. The maximum atomic E-state index is 4.68. The number of aryl methyl sites for hydroxylation is 1. The van der Waals surface area contributed by atoms with E-state index in [1.165, 1.54) is 11.1 Å². The summed E-state index contributed by atoms with van der Waals surface area (Å²) in [4.78, 5) is 6.90. The number of nitrogens with one attached hydrogen (secondary N) is 2. The van der Waals surface area contributed by atoms with E-state index in [2.05, 4.69) is 86.6 Å². The maximum absolute atomic E-state index is 4.68. The van der Waals surface area contributed by atoms with E-state index in [4.69, 9.17) is 0 Å². The molecule has 1 aromatic rings. The predicted octanol–water partition coefficient (Wildman–Crippen LogP) is 2.64. The summed E-state index contributed by atoms with van der Waals surface area (Å²) in [5, 5.41) is 6.78. The second-order valence-corrected chi connectivity index (χ2v) is 6.94. The van der Waals surface area contributed by atoms with Gasteiger partial charge in [0.1, 0.15) is 0 Å². The molecule has 2 N–H and O–H groups in total. The van der Waals surface area contributed by atoms with Gasteiger partial charge in [0.2, 0.25) is 0 Å². The topological polar surface area (TPSA) is 39.7 Å². The molecule has 0 radical (unpaired) electrons. The van der Waals surface area contributed by atoms with Gasteiger partial charge in [0.05, 0.1) is 6.54 Å². The Morgan fingerprint density at radius 2 is 1.77 bits per heavy atom. The third-order valence-corrected chi connectivity index (χ3v) is 3.36. The lowest BCUT2D eigenvalue weighted by molar-refractivity contribution is 0.241. The van der Waals surface area contributed by atoms with Crippen molar-refractivity contribution in [1.82, 2.24) is 15.5 Å². The van der Waals surface area contributed by atoms with E-state index in [1.54, 1.807) is 0 Å². The van der Waals surface area contributed by atoms with Gasteiger partial charge in [0, 0.05) is 19.6 Å². The van der Waals surface area contributed by atoms with Crippen LogP contribution in [0.4, 0.5) is 0 Å². The average molecular weight is 304 g/mol. The summed E-state index contributed by atoms with van der Waals surface area (Å²) in [6.45, 7) is 12.2. The summed E-state index contributed by atoms with van der Waals surface area (Å²) >= 11 is 0. The number of hydrogen-bond donors (Lipinski definition) is 2.